The molecule has 0 amide bonds. The van der Waals surface area contributed by atoms with Gasteiger partial charge in [0.1, 0.15) is 11.9 Å². The molecule has 1 aliphatic carbocycles. The number of hydrogen-bond donors (Lipinski definition) is 0. The average molecular weight is 748 g/mol. The van der Waals surface area contributed by atoms with Crippen molar-refractivity contribution in [1.82, 2.24) is 0 Å². The van der Waals surface area contributed by atoms with Crippen molar-refractivity contribution in [3.8, 4) is 50.3 Å². The fourth-order valence-corrected chi connectivity index (χ4v) is 9.65. The molecule has 11 rings (SSSR count). The third-order valence-corrected chi connectivity index (χ3v) is 12.6. The Balaban J connectivity index is 1.02. The summed E-state index contributed by atoms with van der Waals surface area (Å²) in [5.74, 6) is 1.17. The number of hydrogen-bond acceptors (Lipinski definition) is 3. The van der Waals surface area contributed by atoms with Crippen molar-refractivity contribution in [3.63, 3.8) is 0 Å². The number of rotatable bonds is 7. The van der Waals surface area contributed by atoms with Crippen molar-refractivity contribution in [1.29, 1.82) is 0 Å². The second-order valence-corrected chi connectivity index (χ2v) is 15.9. The van der Waals surface area contributed by atoms with E-state index in [0.717, 1.165) is 33.9 Å². The third kappa shape index (κ3) is 6.05. The van der Waals surface area contributed by atoms with Gasteiger partial charge in [0.2, 0.25) is 0 Å². The summed E-state index contributed by atoms with van der Waals surface area (Å²) in [4.78, 5) is 2.35. The summed E-state index contributed by atoms with van der Waals surface area (Å²) < 4.78 is 9.22. The van der Waals surface area contributed by atoms with E-state index in [2.05, 4.69) is 217 Å². The monoisotopic (exact) mass is 747 g/mol. The maximum absolute atomic E-state index is 6.60. The van der Waals surface area contributed by atoms with Gasteiger partial charge in [-0.05, 0) is 117 Å². The molecule has 1 aromatic heterocycles. The molecule has 57 heavy (non-hydrogen) atoms. The van der Waals surface area contributed by atoms with Crippen molar-refractivity contribution < 1.29 is 4.74 Å². The lowest BCUT2D eigenvalue weighted by molar-refractivity contribution is 0.269. The Morgan fingerprint density at radius 3 is 1.56 bits per heavy atom. The normalized spacial score (nSPS) is 15.4. The largest absolute Gasteiger partial charge is 0.485 e. The molecular weight excluding hydrogens is 711 g/mol. The van der Waals surface area contributed by atoms with Crippen LogP contribution in [0.15, 0.2) is 212 Å². The average Bonchev–Trinajstić information content (AvgIpc) is 3.85. The molecule has 0 fully saturated rings. The van der Waals surface area contributed by atoms with Crippen molar-refractivity contribution in [2.75, 3.05) is 4.90 Å². The smallest absolute Gasteiger partial charge is 0.128 e. The molecule has 0 saturated carbocycles. The molecule has 0 saturated heterocycles. The number of ether oxygens (including phenoxy) is 1. The predicted molar refractivity (Wildman–Crippen MR) is 241 cm³/mol. The molecule has 2 unspecified atom stereocenters. The first-order valence-electron chi connectivity index (χ1n) is 19.6. The number of nitrogens with zero attached hydrogens (tertiary/aromatic N) is 1. The minimum absolute atomic E-state index is 0.0221. The fraction of sp³-hybridized carbons (Fsp3) is 0.0370. The van der Waals surface area contributed by atoms with Crippen molar-refractivity contribution in [2.24, 2.45) is 0 Å². The first-order valence-corrected chi connectivity index (χ1v) is 20.4. The lowest BCUT2D eigenvalue weighted by Gasteiger charge is -2.26. The van der Waals surface area contributed by atoms with Crippen LogP contribution >= 0.6 is 11.3 Å². The number of thiophene rings is 1. The second-order valence-electron chi connectivity index (χ2n) is 14.8. The lowest BCUT2D eigenvalue weighted by Crippen LogP contribution is -2.15. The second kappa shape index (κ2) is 14.0. The number of fused-ring (bicyclic) bond motifs is 6. The van der Waals surface area contributed by atoms with E-state index in [4.69, 9.17) is 4.74 Å². The van der Waals surface area contributed by atoms with Crippen LogP contribution in [0.2, 0.25) is 0 Å². The van der Waals surface area contributed by atoms with Gasteiger partial charge in [0.05, 0.1) is 0 Å². The number of anilines is 3. The van der Waals surface area contributed by atoms with E-state index in [1.807, 2.05) is 11.3 Å². The van der Waals surface area contributed by atoms with E-state index >= 15 is 0 Å². The van der Waals surface area contributed by atoms with E-state index in [0.29, 0.717) is 0 Å². The van der Waals surface area contributed by atoms with Crippen LogP contribution in [0.1, 0.15) is 11.5 Å². The van der Waals surface area contributed by atoms with Crippen LogP contribution in [0, 0.1) is 0 Å². The fourth-order valence-electron chi connectivity index (χ4n) is 8.56. The Bertz CT molecular complexity index is 2880. The van der Waals surface area contributed by atoms with E-state index in [9.17, 15) is 0 Å². The highest BCUT2D eigenvalue weighted by molar-refractivity contribution is 7.25. The Hall–Kier alpha value is -6.94. The van der Waals surface area contributed by atoms with Crippen molar-refractivity contribution in [3.05, 3.63) is 218 Å². The van der Waals surface area contributed by atoms with Gasteiger partial charge in [-0.2, -0.15) is 0 Å². The summed E-state index contributed by atoms with van der Waals surface area (Å²) in [5, 5.41) is 2.61. The molecule has 9 aromatic rings. The standard InChI is InChI=1S/C54H37NOS/c1-3-11-36(12-4-1)38-19-26-42(27-20-38)55(43-28-21-39(22-29-43)37-13-5-2-6-14-37)44-30-23-40(24-31-44)48-35-52-49(45-15-7-9-17-51(45)56-52)34-47(48)41-25-32-54-50(33-41)46-16-8-10-18-53(46)57-54/h1-35,45,51H. The minimum Gasteiger partial charge on any atom is -0.485 e. The highest BCUT2D eigenvalue weighted by atomic mass is 32.1. The zero-order valence-electron chi connectivity index (χ0n) is 31.1. The number of benzene rings is 8. The van der Waals surface area contributed by atoms with E-state index in [1.54, 1.807) is 0 Å². The molecule has 3 heteroatoms. The van der Waals surface area contributed by atoms with Gasteiger partial charge in [-0.1, -0.05) is 140 Å². The third-order valence-electron chi connectivity index (χ3n) is 11.4. The Morgan fingerprint density at radius 1 is 0.404 bits per heavy atom. The summed E-state index contributed by atoms with van der Waals surface area (Å²) in [6.45, 7) is 0. The molecule has 2 aliphatic rings. The van der Waals surface area contributed by atoms with Gasteiger partial charge < -0.3 is 9.64 Å². The zero-order chi connectivity index (χ0) is 37.7. The number of allylic oxidation sites excluding steroid dienone is 2. The quantitative estimate of drug-likeness (QED) is 0.161. The molecule has 0 bridgehead atoms. The van der Waals surface area contributed by atoms with Crippen LogP contribution in [-0.4, -0.2) is 6.10 Å². The van der Waals surface area contributed by atoms with E-state index in [1.165, 1.54) is 59.1 Å². The van der Waals surface area contributed by atoms with Crippen molar-refractivity contribution >= 4 is 48.6 Å². The molecular formula is C54H37NOS. The maximum Gasteiger partial charge on any atom is 0.128 e. The van der Waals surface area contributed by atoms with Crippen LogP contribution in [0.25, 0.3) is 64.7 Å². The van der Waals surface area contributed by atoms with Crippen LogP contribution in [-0.2, 0) is 0 Å². The SMILES string of the molecule is C1=CC2Oc3cc(-c4ccc(N(c5ccc(-c6ccccc6)cc5)c5ccc(-c6ccccc6)cc5)cc4)c(-c4ccc5sc6ccccc6c5c4)cc3C2C=C1. The summed E-state index contributed by atoms with van der Waals surface area (Å²) >= 11 is 1.86. The van der Waals surface area contributed by atoms with Crippen LogP contribution in [0.5, 0.6) is 5.75 Å². The molecule has 0 N–H and O–H groups in total. The molecule has 0 spiro atoms. The van der Waals surface area contributed by atoms with Gasteiger partial charge in [-0.15, -0.1) is 11.3 Å². The van der Waals surface area contributed by atoms with E-state index in [-0.39, 0.29) is 12.0 Å². The highest BCUT2D eigenvalue weighted by Crippen LogP contribution is 2.48. The lowest BCUT2D eigenvalue weighted by atomic mass is 9.86. The predicted octanol–water partition coefficient (Wildman–Crippen LogP) is 15.2. The van der Waals surface area contributed by atoms with Crippen LogP contribution < -0.4 is 9.64 Å². The first kappa shape index (κ1) is 33.4. The van der Waals surface area contributed by atoms with Gasteiger partial charge in [0.25, 0.3) is 0 Å². The molecule has 270 valence electrons. The van der Waals surface area contributed by atoms with Gasteiger partial charge in [-0.25, -0.2) is 0 Å². The Kier molecular flexibility index (Phi) is 8.19. The van der Waals surface area contributed by atoms with Gasteiger partial charge >= 0.3 is 0 Å². The first-order chi connectivity index (χ1) is 28.2. The van der Waals surface area contributed by atoms with Gasteiger partial charge in [0.15, 0.2) is 0 Å². The topological polar surface area (TPSA) is 12.5 Å². The molecule has 2 atom stereocenters. The Labute approximate surface area is 336 Å². The highest BCUT2D eigenvalue weighted by Gasteiger charge is 2.33. The van der Waals surface area contributed by atoms with Crippen LogP contribution in [0.3, 0.4) is 0 Å². The molecule has 1 aliphatic heterocycles. The van der Waals surface area contributed by atoms with E-state index < -0.39 is 0 Å². The molecule has 8 aromatic carbocycles. The summed E-state index contributed by atoms with van der Waals surface area (Å²) in [6, 6.07) is 68.3. The molecule has 2 heterocycles. The summed E-state index contributed by atoms with van der Waals surface area (Å²) in [6.07, 6.45) is 8.72. The summed E-state index contributed by atoms with van der Waals surface area (Å²) in [7, 11) is 0. The maximum atomic E-state index is 6.60. The zero-order valence-corrected chi connectivity index (χ0v) is 31.9. The van der Waals surface area contributed by atoms with Crippen LogP contribution in [0.4, 0.5) is 17.1 Å². The van der Waals surface area contributed by atoms with Crippen molar-refractivity contribution in [2.45, 2.75) is 12.0 Å². The van der Waals surface area contributed by atoms with Gasteiger partial charge in [0, 0.05) is 48.7 Å². The molecule has 2 nitrogen and oxygen atoms in total. The summed E-state index contributed by atoms with van der Waals surface area (Å²) in [5.41, 5.74) is 14.1. The Morgan fingerprint density at radius 2 is 0.912 bits per heavy atom. The minimum atomic E-state index is 0.0221. The van der Waals surface area contributed by atoms with Gasteiger partial charge in [-0.3, -0.25) is 0 Å². The molecule has 0 radical (unpaired) electrons.